The van der Waals surface area contributed by atoms with E-state index in [4.69, 9.17) is 20.4 Å². The van der Waals surface area contributed by atoms with Gasteiger partial charge >= 0.3 is 11.9 Å². The Labute approximate surface area is 67.4 Å². The van der Waals surface area contributed by atoms with Crippen molar-refractivity contribution in [2.24, 2.45) is 0 Å². The molecule has 0 saturated heterocycles. The van der Waals surface area contributed by atoms with Crippen molar-refractivity contribution in [1.82, 2.24) is 0 Å². The van der Waals surface area contributed by atoms with E-state index in [2.05, 4.69) is 0 Å². The number of aliphatic hydroxyl groups is 2. The molecule has 0 aromatic carbocycles. The molecule has 0 unspecified atom stereocenters. The fourth-order valence-corrected chi connectivity index (χ4v) is 0.525. The van der Waals surface area contributed by atoms with E-state index in [1.54, 1.807) is 0 Å². The summed E-state index contributed by atoms with van der Waals surface area (Å²) >= 11 is 0. The van der Waals surface area contributed by atoms with Crippen molar-refractivity contribution in [2.75, 3.05) is 0 Å². The molecule has 68 valence electrons. The lowest BCUT2D eigenvalue weighted by atomic mass is 10.1. The minimum Gasteiger partial charge on any atom is -0.478 e. The van der Waals surface area contributed by atoms with E-state index in [9.17, 15) is 9.59 Å². The molecule has 0 rings (SSSR count). The molecule has 0 aliphatic carbocycles. The number of hydrogen-bond acceptors (Lipinski definition) is 4. The number of carboxylic acid groups (broad SMARTS) is 2. The molecule has 0 bridgehead atoms. The van der Waals surface area contributed by atoms with Gasteiger partial charge in [-0.2, -0.15) is 0 Å². The van der Waals surface area contributed by atoms with Gasteiger partial charge in [0.25, 0.3) is 0 Å². The zero-order chi connectivity index (χ0) is 9.94. The first kappa shape index (κ1) is 10.6. The standard InChI is InChI=1S/C6H8O6/c1-6(11,12)3(5(9)10)2-4(7)8/h2,11-12H,1H3,(H,7,8)(H,9,10)/b3-2+. The van der Waals surface area contributed by atoms with Crippen LogP contribution in [0, 0.1) is 0 Å². The van der Waals surface area contributed by atoms with Crippen molar-refractivity contribution < 1.29 is 30.0 Å². The highest BCUT2D eigenvalue weighted by atomic mass is 16.5. The molecule has 4 N–H and O–H groups in total. The van der Waals surface area contributed by atoms with Crippen LogP contribution in [0.3, 0.4) is 0 Å². The minimum atomic E-state index is -2.65. The Morgan fingerprint density at radius 1 is 1.25 bits per heavy atom. The third kappa shape index (κ3) is 3.13. The van der Waals surface area contributed by atoms with Gasteiger partial charge in [-0.15, -0.1) is 0 Å². The molecule has 0 aliphatic heterocycles. The van der Waals surface area contributed by atoms with Crippen LogP contribution in [0.1, 0.15) is 6.92 Å². The maximum atomic E-state index is 10.2. The van der Waals surface area contributed by atoms with Crippen molar-refractivity contribution in [3.05, 3.63) is 11.6 Å². The highest BCUT2D eigenvalue weighted by Crippen LogP contribution is 2.12. The molecule has 0 atom stereocenters. The third-order valence-electron chi connectivity index (χ3n) is 1.01. The molecule has 0 amide bonds. The third-order valence-corrected chi connectivity index (χ3v) is 1.01. The van der Waals surface area contributed by atoms with E-state index in [-0.39, 0.29) is 6.08 Å². The van der Waals surface area contributed by atoms with Crippen LogP contribution >= 0.6 is 0 Å². The van der Waals surface area contributed by atoms with Crippen LogP contribution in [-0.2, 0) is 9.59 Å². The summed E-state index contributed by atoms with van der Waals surface area (Å²) < 4.78 is 0. The van der Waals surface area contributed by atoms with E-state index in [1.807, 2.05) is 0 Å². The summed E-state index contributed by atoms with van der Waals surface area (Å²) in [5.74, 6) is -5.89. The Morgan fingerprint density at radius 2 is 1.67 bits per heavy atom. The molecule has 0 radical (unpaired) electrons. The molecule has 0 fully saturated rings. The van der Waals surface area contributed by atoms with E-state index in [0.717, 1.165) is 6.92 Å². The van der Waals surface area contributed by atoms with Gasteiger partial charge < -0.3 is 20.4 Å². The second kappa shape index (κ2) is 3.33. The lowest BCUT2D eigenvalue weighted by molar-refractivity contribution is -0.149. The monoisotopic (exact) mass is 176 g/mol. The van der Waals surface area contributed by atoms with Gasteiger partial charge in [0.15, 0.2) is 5.79 Å². The Bertz CT molecular complexity index is 233. The van der Waals surface area contributed by atoms with Crippen LogP contribution in [0.15, 0.2) is 11.6 Å². The average molecular weight is 176 g/mol. The van der Waals surface area contributed by atoms with Gasteiger partial charge in [0, 0.05) is 6.08 Å². The van der Waals surface area contributed by atoms with Gasteiger partial charge in [-0.05, 0) is 6.92 Å². The molecule has 0 spiro atoms. The number of hydrogen-bond donors (Lipinski definition) is 4. The molecule has 0 heterocycles. The van der Waals surface area contributed by atoms with Crippen LogP contribution < -0.4 is 0 Å². The van der Waals surface area contributed by atoms with Crippen LogP contribution in [0.4, 0.5) is 0 Å². The fraction of sp³-hybridized carbons (Fsp3) is 0.333. The normalized spacial score (nSPS) is 12.8. The SMILES string of the molecule is CC(O)(O)/C(=C/C(=O)O)C(=O)O. The van der Waals surface area contributed by atoms with Crippen molar-refractivity contribution in [3.63, 3.8) is 0 Å². The minimum absolute atomic E-state index is 0.225. The molecule has 6 nitrogen and oxygen atoms in total. The number of aliphatic carboxylic acids is 2. The van der Waals surface area contributed by atoms with Gasteiger partial charge in [0.05, 0.1) is 0 Å². The lowest BCUT2D eigenvalue weighted by Crippen LogP contribution is -2.31. The van der Waals surface area contributed by atoms with E-state index in [1.165, 1.54) is 0 Å². The first-order chi connectivity index (χ1) is 5.25. The Balaban J connectivity index is 4.94. The molecular formula is C6H8O6. The van der Waals surface area contributed by atoms with Crippen molar-refractivity contribution in [1.29, 1.82) is 0 Å². The zero-order valence-corrected chi connectivity index (χ0v) is 6.18. The summed E-state index contributed by atoms with van der Waals surface area (Å²) in [6.45, 7) is 0.760. The van der Waals surface area contributed by atoms with Crippen molar-refractivity contribution in [2.45, 2.75) is 12.7 Å². The Kier molecular flexibility index (Phi) is 2.94. The number of carboxylic acids is 2. The van der Waals surface area contributed by atoms with Crippen LogP contribution in [0.5, 0.6) is 0 Å². The average Bonchev–Trinajstić information content (AvgIpc) is 1.79. The predicted octanol–water partition coefficient (Wildman–Crippen LogP) is -1.22. The fourth-order valence-electron chi connectivity index (χ4n) is 0.525. The lowest BCUT2D eigenvalue weighted by Gasteiger charge is -2.15. The second-order valence-electron chi connectivity index (χ2n) is 2.22. The summed E-state index contributed by atoms with van der Waals surface area (Å²) in [4.78, 5) is 20.2. The number of carbonyl (C=O) groups is 2. The van der Waals surface area contributed by atoms with Crippen LogP contribution in [0.25, 0.3) is 0 Å². The molecule has 6 heteroatoms. The molecule has 0 aromatic rings. The van der Waals surface area contributed by atoms with Crippen LogP contribution in [-0.4, -0.2) is 38.2 Å². The first-order valence-electron chi connectivity index (χ1n) is 2.88. The predicted molar refractivity (Wildman–Crippen MR) is 36.2 cm³/mol. The summed E-state index contributed by atoms with van der Waals surface area (Å²) in [7, 11) is 0. The van der Waals surface area contributed by atoms with Gasteiger partial charge in [0.2, 0.25) is 0 Å². The van der Waals surface area contributed by atoms with E-state index in [0.29, 0.717) is 0 Å². The largest absolute Gasteiger partial charge is 0.478 e. The summed E-state index contributed by atoms with van der Waals surface area (Å²) in [6.07, 6.45) is 0.225. The zero-order valence-electron chi connectivity index (χ0n) is 6.18. The number of rotatable bonds is 3. The Hall–Kier alpha value is -1.40. The summed E-state index contributed by atoms with van der Waals surface area (Å²) in [5.41, 5.74) is -0.991. The van der Waals surface area contributed by atoms with E-state index >= 15 is 0 Å². The molecule has 12 heavy (non-hydrogen) atoms. The van der Waals surface area contributed by atoms with E-state index < -0.39 is 23.3 Å². The van der Waals surface area contributed by atoms with Gasteiger partial charge in [-0.3, -0.25) is 0 Å². The molecule has 0 aliphatic rings. The highest BCUT2D eigenvalue weighted by Gasteiger charge is 2.28. The molecule has 0 saturated carbocycles. The molecular weight excluding hydrogens is 168 g/mol. The smallest absolute Gasteiger partial charge is 0.337 e. The van der Waals surface area contributed by atoms with Crippen molar-refractivity contribution in [3.8, 4) is 0 Å². The maximum absolute atomic E-state index is 10.2. The quantitative estimate of drug-likeness (QED) is 0.316. The van der Waals surface area contributed by atoms with Gasteiger partial charge in [-0.25, -0.2) is 9.59 Å². The summed E-state index contributed by atoms with van der Waals surface area (Å²) in [6, 6.07) is 0. The maximum Gasteiger partial charge on any atom is 0.337 e. The highest BCUT2D eigenvalue weighted by molar-refractivity contribution is 5.95. The summed E-state index contributed by atoms with van der Waals surface area (Å²) in [5, 5.41) is 33.9. The second-order valence-corrected chi connectivity index (χ2v) is 2.22. The van der Waals surface area contributed by atoms with Gasteiger partial charge in [0.1, 0.15) is 5.57 Å². The first-order valence-corrected chi connectivity index (χ1v) is 2.88. The Morgan fingerprint density at radius 3 is 1.75 bits per heavy atom. The topological polar surface area (TPSA) is 115 Å². The van der Waals surface area contributed by atoms with Crippen LogP contribution in [0.2, 0.25) is 0 Å². The molecule has 0 aromatic heterocycles. The van der Waals surface area contributed by atoms with Crippen molar-refractivity contribution >= 4 is 11.9 Å². The van der Waals surface area contributed by atoms with Gasteiger partial charge in [-0.1, -0.05) is 0 Å².